The summed E-state index contributed by atoms with van der Waals surface area (Å²) in [4.78, 5) is 3.09. The number of aromatic nitrogens is 3. The van der Waals surface area contributed by atoms with Gasteiger partial charge in [0, 0.05) is 0 Å². The molecule has 0 aliphatic rings. The van der Waals surface area contributed by atoms with Crippen molar-refractivity contribution in [3.05, 3.63) is 42.0 Å². The van der Waals surface area contributed by atoms with Gasteiger partial charge in [-0.25, -0.2) is 4.68 Å². The van der Waals surface area contributed by atoms with Crippen LogP contribution < -0.4 is 0 Å². The lowest BCUT2D eigenvalue weighted by Crippen LogP contribution is -2.34. The number of alkyl halides is 5. The van der Waals surface area contributed by atoms with Gasteiger partial charge in [-0.1, -0.05) is 18.2 Å². The highest BCUT2D eigenvalue weighted by atomic mass is 19.4. The molecular weight excluding hydrogens is 281 g/mol. The predicted octanol–water partition coefficient (Wildman–Crippen LogP) is 2.90. The summed E-state index contributed by atoms with van der Waals surface area (Å²) in [7, 11) is 0. The van der Waals surface area contributed by atoms with Gasteiger partial charge in [0.2, 0.25) is 11.6 Å². The van der Waals surface area contributed by atoms with Gasteiger partial charge in [-0.15, -0.1) is 11.5 Å². The van der Waals surface area contributed by atoms with E-state index in [2.05, 4.69) is 10.1 Å². The average molecular weight is 287 g/mol. The Morgan fingerprint density at radius 2 is 1.65 bits per heavy atom. The van der Waals surface area contributed by atoms with Crippen LogP contribution in [0.1, 0.15) is 11.6 Å². The molecule has 0 N–H and O–H groups in total. The van der Waals surface area contributed by atoms with Crippen LogP contribution in [0.4, 0.5) is 22.0 Å². The second kappa shape index (κ2) is 4.59. The standard InChI is InChI=1S/C12H6F5N3/c1-2-9-18-10(11(13,14)12(15,16)17)19-20(9)8-6-4-3-5-7-8/h1,3-7H. The third kappa shape index (κ3) is 2.22. The molecule has 0 radical (unpaired) electrons. The number of para-hydroxylation sites is 1. The molecule has 0 fully saturated rings. The summed E-state index contributed by atoms with van der Waals surface area (Å²) >= 11 is 0. The Hall–Kier alpha value is -2.43. The van der Waals surface area contributed by atoms with Gasteiger partial charge < -0.3 is 0 Å². The van der Waals surface area contributed by atoms with Gasteiger partial charge in [-0.05, 0) is 18.1 Å². The van der Waals surface area contributed by atoms with Crippen LogP contribution >= 0.6 is 0 Å². The summed E-state index contributed by atoms with van der Waals surface area (Å²) in [5, 5.41) is 3.18. The Morgan fingerprint density at radius 1 is 1.05 bits per heavy atom. The minimum Gasteiger partial charge on any atom is -0.206 e. The number of halogens is 5. The van der Waals surface area contributed by atoms with Gasteiger partial charge in [0.1, 0.15) is 0 Å². The summed E-state index contributed by atoms with van der Waals surface area (Å²) in [5.41, 5.74) is 0.233. The molecule has 0 atom stereocenters. The van der Waals surface area contributed by atoms with Gasteiger partial charge >= 0.3 is 12.1 Å². The molecule has 1 aromatic carbocycles. The fourth-order valence-corrected chi connectivity index (χ4v) is 1.41. The number of hydrogen-bond donors (Lipinski definition) is 0. The average Bonchev–Trinajstić information content (AvgIpc) is 2.83. The van der Waals surface area contributed by atoms with Gasteiger partial charge in [-0.2, -0.15) is 26.9 Å². The minimum absolute atomic E-state index is 0.233. The topological polar surface area (TPSA) is 30.7 Å². The lowest BCUT2D eigenvalue weighted by molar-refractivity contribution is -0.292. The first-order valence-corrected chi connectivity index (χ1v) is 5.21. The quantitative estimate of drug-likeness (QED) is 0.628. The Labute approximate surface area is 110 Å². The summed E-state index contributed by atoms with van der Waals surface area (Å²) in [6.07, 6.45) is -0.736. The van der Waals surface area contributed by atoms with Crippen LogP contribution in [0.2, 0.25) is 0 Å². The molecule has 8 heteroatoms. The van der Waals surface area contributed by atoms with Crippen molar-refractivity contribution in [1.29, 1.82) is 0 Å². The van der Waals surface area contributed by atoms with Crippen LogP contribution in [0.3, 0.4) is 0 Å². The van der Waals surface area contributed by atoms with Crippen molar-refractivity contribution in [1.82, 2.24) is 14.8 Å². The smallest absolute Gasteiger partial charge is 0.206 e. The van der Waals surface area contributed by atoms with Gasteiger partial charge in [0.15, 0.2) is 0 Å². The van der Waals surface area contributed by atoms with Crippen molar-refractivity contribution < 1.29 is 22.0 Å². The molecule has 2 aromatic rings. The zero-order valence-corrected chi connectivity index (χ0v) is 9.70. The highest BCUT2D eigenvalue weighted by Crippen LogP contribution is 2.42. The van der Waals surface area contributed by atoms with E-state index in [1.807, 2.05) is 5.92 Å². The van der Waals surface area contributed by atoms with Crippen molar-refractivity contribution in [3.63, 3.8) is 0 Å². The van der Waals surface area contributed by atoms with E-state index >= 15 is 0 Å². The summed E-state index contributed by atoms with van der Waals surface area (Å²) < 4.78 is 63.9. The Morgan fingerprint density at radius 3 is 2.15 bits per heavy atom. The first-order valence-electron chi connectivity index (χ1n) is 5.21. The fourth-order valence-electron chi connectivity index (χ4n) is 1.41. The highest BCUT2D eigenvalue weighted by molar-refractivity contribution is 5.35. The normalized spacial score (nSPS) is 12.2. The zero-order chi connectivity index (χ0) is 15.0. The van der Waals surface area contributed by atoms with E-state index in [0.717, 1.165) is 4.68 Å². The van der Waals surface area contributed by atoms with Gasteiger partial charge in [0.25, 0.3) is 0 Å². The minimum atomic E-state index is -5.79. The number of terminal acetylenes is 1. The number of hydrogen-bond acceptors (Lipinski definition) is 2. The molecule has 1 heterocycles. The second-order valence-corrected chi connectivity index (χ2v) is 3.72. The maximum atomic E-state index is 13.2. The third-order valence-electron chi connectivity index (χ3n) is 2.37. The molecule has 0 bridgehead atoms. The molecule has 0 spiro atoms. The number of rotatable bonds is 2. The van der Waals surface area contributed by atoms with E-state index in [0.29, 0.717) is 0 Å². The molecule has 0 unspecified atom stereocenters. The largest absolute Gasteiger partial charge is 0.461 e. The lowest BCUT2D eigenvalue weighted by atomic mass is 10.3. The van der Waals surface area contributed by atoms with E-state index < -0.39 is 23.7 Å². The maximum absolute atomic E-state index is 13.2. The molecule has 3 nitrogen and oxygen atoms in total. The van der Waals surface area contributed by atoms with Crippen LogP contribution in [0, 0.1) is 12.3 Å². The summed E-state index contributed by atoms with van der Waals surface area (Å²) in [6.45, 7) is 0. The summed E-state index contributed by atoms with van der Waals surface area (Å²) in [5.74, 6) is -5.36. The van der Waals surface area contributed by atoms with Crippen molar-refractivity contribution in [3.8, 4) is 18.0 Å². The van der Waals surface area contributed by atoms with E-state index in [1.165, 1.54) is 12.1 Å². The number of benzene rings is 1. The molecule has 0 saturated carbocycles. The molecule has 0 aliphatic heterocycles. The van der Waals surface area contributed by atoms with E-state index in [9.17, 15) is 22.0 Å². The molecule has 104 valence electrons. The second-order valence-electron chi connectivity index (χ2n) is 3.72. The van der Waals surface area contributed by atoms with Crippen LogP contribution in [0.25, 0.3) is 5.69 Å². The predicted molar refractivity (Wildman–Crippen MR) is 59.2 cm³/mol. The Balaban J connectivity index is 2.57. The van der Waals surface area contributed by atoms with Crippen molar-refractivity contribution >= 4 is 0 Å². The molecule has 1 aromatic heterocycles. The van der Waals surface area contributed by atoms with E-state index in [-0.39, 0.29) is 5.69 Å². The molecule has 0 saturated heterocycles. The van der Waals surface area contributed by atoms with Crippen LogP contribution in [-0.2, 0) is 5.92 Å². The molecular formula is C12H6F5N3. The Kier molecular flexibility index (Phi) is 3.21. The zero-order valence-electron chi connectivity index (χ0n) is 9.70. The molecule has 0 amide bonds. The van der Waals surface area contributed by atoms with Crippen LogP contribution in [0.5, 0.6) is 0 Å². The SMILES string of the molecule is C#Cc1nc(C(F)(F)C(F)(F)F)nn1-c1ccccc1. The first kappa shape index (κ1) is 14.0. The van der Waals surface area contributed by atoms with Crippen LogP contribution in [0.15, 0.2) is 30.3 Å². The van der Waals surface area contributed by atoms with E-state index in [4.69, 9.17) is 6.42 Å². The molecule has 0 aliphatic carbocycles. The monoisotopic (exact) mass is 287 g/mol. The lowest BCUT2D eigenvalue weighted by Gasteiger charge is -2.15. The highest BCUT2D eigenvalue weighted by Gasteiger charge is 2.62. The van der Waals surface area contributed by atoms with Crippen LogP contribution in [-0.4, -0.2) is 20.9 Å². The van der Waals surface area contributed by atoms with Crippen molar-refractivity contribution in [2.75, 3.05) is 0 Å². The molecule has 2 rings (SSSR count). The van der Waals surface area contributed by atoms with Crippen molar-refractivity contribution in [2.45, 2.75) is 12.1 Å². The van der Waals surface area contributed by atoms with Gasteiger partial charge in [-0.3, -0.25) is 0 Å². The van der Waals surface area contributed by atoms with Gasteiger partial charge in [0.05, 0.1) is 5.69 Å². The fraction of sp³-hybridized carbons (Fsp3) is 0.167. The maximum Gasteiger partial charge on any atom is 0.461 e. The third-order valence-corrected chi connectivity index (χ3v) is 2.37. The number of nitrogens with zero attached hydrogens (tertiary/aromatic N) is 3. The molecule has 20 heavy (non-hydrogen) atoms. The summed E-state index contributed by atoms with van der Waals surface area (Å²) in [6, 6.07) is 7.65. The Bertz CT molecular complexity index is 652. The van der Waals surface area contributed by atoms with E-state index in [1.54, 1.807) is 18.2 Å². The first-order chi connectivity index (χ1) is 9.27. The van der Waals surface area contributed by atoms with Crippen molar-refractivity contribution in [2.24, 2.45) is 0 Å².